The normalized spacial score (nSPS) is 18.6. The van der Waals surface area contributed by atoms with Gasteiger partial charge in [-0.05, 0) is 54.2 Å². The van der Waals surface area contributed by atoms with E-state index in [1.54, 1.807) is 17.0 Å². The van der Waals surface area contributed by atoms with Crippen molar-refractivity contribution < 1.29 is 14.5 Å². The van der Waals surface area contributed by atoms with Gasteiger partial charge < -0.3 is 5.32 Å². The zero-order valence-corrected chi connectivity index (χ0v) is 22.5. The van der Waals surface area contributed by atoms with Crippen molar-refractivity contribution in [1.82, 2.24) is 0 Å². The molecule has 3 aromatic carbocycles. The first-order chi connectivity index (χ1) is 18.9. The summed E-state index contributed by atoms with van der Waals surface area (Å²) in [6, 6.07) is 20.5. The molecule has 0 unspecified atom stereocenters. The molecule has 0 saturated heterocycles. The molecule has 3 aromatic rings. The molecule has 1 aliphatic carbocycles. The fourth-order valence-electron chi connectivity index (χ4n) is 5.61. The number of unbranched alkanes of at least 4 members (excludes halogenated alkanes) is 2. The summed E-state index contributed by atoms with van der Waals surface area (Å²) in [4.78, 5) is 40.8. The maximum Gasteiger partial charge on any atom is 0.269 e. The average molecular weight is 544 g/mol. The highest BCUT2D eigenvalue weighted by Crippen LogP contribution is 2.48. The predicted molar refractivity (Wildman–Crippen MR) is 153 cm³/mol. The topological polar surface area (TPSA) is 92.6 Å². The monoisotopic (exact) mass is 543 g/mol. The standard InChI is InChI=1S/C31H30ClN3O4/c1-2-3-4-12-29(37)34-27-11-6-5-10-25(27)33-26-18-22(20-13-15-23(32)16-14-20)19-28(36)30(26)31(34)21-8-7-9-24(17-21)35(38)39/h5-11,13-17,22,31,33H,2-4,12,18-19H2,1H3/t22-,31+/m1/s1. The highest BCUT2D eigenvalue weighted by Gasteiger charge is 2.41. The Hall–Kier alpha value is -3.97. The summed E-state index contributed by atoms with van der Waals surface area (Å²) in [6.45, 7) is 2.08. The van der Waals surface area contributed by atoms with Gasteiger partial charge in [0.05, 0.1) is 22.3 Å². The fraction of sp³-hybridized carbons (Fsp3) is 0.290. The minimum atomic E-state index is -0.788. The molecule has 0 spiro atoms. The van der Waals surface area contributed by atoms with Crippen LogP contribution in [0.3, 0.4) is 0 Å². The van der Waals surface area contributed by atoms with E-state index in [4.69, 9.17) is 11.6 Å². The molecule has 39 heavy (non-hydrogen) atoms. The third-order valence-electron chi connectivity index (χ3n) is 7.49. The lowest BCUT2D eigenvalue weighted by Crippen LogP contribution is -2.38. The van der Waals surface area contributed by atoms with Crippen molar-refractivity contribution in [3.05, 3.63) is 110 Å². The second kappa shape index (κ2) is 11.4. The molecule has 8 heteroatoms. The molecule has 1 amide bonds. The maximum atomic E-state index is 14.0. The molecule has 2 aliphatic rings. The predicted octanol–water partition coefficient (Wildman–Crippen LogP) is 7.73. The SMILES string of the molecule is CCCCCC(=O)N1c2ccccc2NC2=C(C(=O)C[C@H](c3ccc(Cl)cc3)C2)[C@@H]1c1cccc([N+](=O)[O-])c1. The first-order valence-corrected chi connectivity index (χ1v) is 13.7. The van der Waals surface area contributed by atoms with Crippen molar-refractivity contribution in [1.29, 1.82) is 0 Å². The van der Waals surface area contributed by atoms with Gasteiger partial charge in [-0.25, -0.2) is 0 Å². The van der Waals surface area contributed by atoms with E-state index in [-0.39, 0.29) is 29.7 Å². The van der Waals surface area contributed by atoms with Crippen LogP contribution in [-0.2, 0) is 9.59 Å². The number of amides is 1. The molecule has 200 valence electrons. The number of hydrogen-bond acceptors (Lipinski definition) is 5. The largest absolute Gasteiger partial charge is 0.357 e. The number of hydrogen-bond donors (Lipinski definition) is 1. The van der Waals surface area contributed by atoms with E-state index in [1.807, 2.05) is 48.5 Å². The van der Waals surface area contributed by atoms with Gasteiger partial charge in [0.15, 0.2) is 5.78 Å². The Bertz CT molecular complexity index is 1450. The Morgan fingerprint density at radius 2 is 1.79 bits per heavy atom. The van der Waals surface area contributed by atoms with Crippen LogP contribution in [0, 0.1) is 10.1 Å². The van der Waals surface area contributed by atoms with Gasteiger partial charge in [-0.2, -0.15) is 0 Å². The Morgan fingerprint density at radius 3 is 2.54 bits per heavy atom. The number of nitrogens with one attached hydrogen (secondary N) is 1. The number of allylic oxidation sites excluding steroid dienone is 1. The van der Waals surface area contributed by atoms with Crippen LogP contribution in [0.25, 0.3) is 0 Å². The van der Waals surface area contributed by atoms with E-state index >= 15 is 0 Å². The summed E-state index contributed by atoms with van der Waals surface area (Å²) in [5.41, 5.74) is 4.07. The second-order valence-electron chi connectivity index (χ2n) is 10.1. The van der Waals surface area contributed by atoms with Crippen LogP contribution in [0.5, 0.6) is 0 Å². The smallest absolute Gasteiger partial charge is 0.269 e. The summed E-state index contributed by atoms with van der Waals surface area (Å²) in [5.74, 6) is -0.263. The molecule has 1 aliphatic heterocycles. The number of fused-ring (bicyclic) bond motifs is 1. The minimum Gasteiger partial charge on any atom is -0.357 e. The molecular formula is C31H30ClN3O4. The Balaban J connectivity index is 1.68. The lowest BCUT2D eigenvalue weighted by atomic mass is 9.78. The van der Waals surface area contributed by atoms with Crippen LogP contribution >= 0.6 is 11.6 Å². The summed E-state index contributed by atoms with van der Waals surface area (Å²) < 4.78 is 0. The number of rotatable bonds is 7. The van der Waals surface area contributed by atoms with Crippen molar-refractivity contribution >= 4 is 40.4 Å². The van der Waals surface area contributed by atoms with Crippen LogP contribution in [0.15, 0.2) is 84.1 Å². The molecule has 1 heterocycles. The number of benzene rings is 3. The number of carbonyl (C=O) groups is 2. The third-order valence-corrected chi connectivity index (χ3v) is 7.74. The van der Waals surface area contributed by atoms with Crippen LogP contribution in [0.4, 0.5) is 17.1 Å². The number of Topliss-reactive ketones (excluding diaryl/α,β-unsaturated/α-hetero) is 1. The highest BCUT2D eigenvalue weighted by molar-refractivity contribution is 6.30. The van der Waals surface area contributed by atoms with Crippen LogP contribution < -0.4 is 10.2 Å². The molecule has 0 bridgehead atoms. The first-order valence-electron chi connectivity index (χ1n) is 13.3. The van der Waals surface area contributed by atoms with Crippen molar-refractivity contribution in [2.75, 3.05) is 10.2 Å². The van der Waals surface area contributed by atoms with E-state index in [0.717, 1.165) is 36.2 Å². The summed E-state index contributed by atoms with van der Waals surface area (Å²) in [5, 5.41) is 15.8. The van der Waals surface area contributed by atoms with E-state index in [2.05, 4.69) is 12.2 Å². The first kappa shape index (κ1) is 26.6. The minimum absolute atomic E-state index is 0.0641. The second-order valence-corrected chi connectivity index (χ2v) is 10.5. The molecule has 0 fully saturated rings. The van der Waals surface area contributed by atoms with Crippen molar-refractivity contribution in [2.24, 2.45) is 0 Å². The molecule has 1 N–H and O–H groups in total. The van der Waals surface area contributed by atoms with E-state index in [9.17, 15) is 19.7 Å². The van der Waals surface area contributed by atoms with Gasteiger partial charge in [0.2, 0.25) is 5.91 Å². The zero-order chi connectivity index (χ0) is 27.5. The number of halogens is 1. The van der Waals surface area contributed by atoms with Gasteiger partial charge in [-0.1, -0.05) is 67.8 Å². The van der Waals surface area contributed by atoms with Gasteiger partial charge >= 0.3 is 0 Å². The highest BCUT2D eigenvalue weighted by atomic mass is 35.5. The maximum absolute atomic E-state index is 14.0. The Kier molecular flexibility index (Phi) is 7.79. The van der Waals surface area contributed by atoms with Gasteiger partial charge in [0, 0.05) is 41.3 Å². The summed E-state index contributed by atoms with van der Waals surface area (Å²) in [6.07, 6.45) is 3.75. The molecule has 0 radical (unpaired) electrons. The number of para-hydroxylation sites is 2. The lowest BCUT2D eigenvalue weighted by molar-refractivity contribution is -0.384. The number of ketones is 1. The Labute approximate surface area is 232 Å². The average Bonchev–Trinajstić information content (AvgIpc) is 3.08. The molecule has 0 saturated carbocycles. The summed E-state index contributed by atoms with van der Waals surface area (Å²) in [7, 11) is 0. The van der Waals surface area contributed by atoms with Crippen molar-refractivity contribution in [3.8, 4) is 0 Å². The molecule has 5 rings (SSSR count). The summed E-state index contributed by atoms with van der Waals surface area (Å²) >= 11 is 6.11. The molecular weight excluding hydrogens is 514 g/mol. The van der Waals surface area contributed by atoms with E-state index in [0.29, 0.717) is 34.7 Å². The fourth-order valence-corrected chi connectivity index (χ4v) is 5.73. The van der Waals surface area contributed by atoms with E-state index in [1.165, 1.54) is 12.1 Å². The van der Waals surface area contributed by atoms with Gasteiger partial charge in [0.25, 0.3) is 5.69 Å². The number of anilines is 2. The third kappa shape index (κ3) is 5.45. The number of non-ortho nitro benzene ring substituents is 1. The van der Waals surface area contributed by atoms with Gasteiger partial charge in [0.1, 0.15) is 0 Å². The number of nitro benzene ring substituents is 1. The Morgan fingerprint density at radius 1 is 1.03 bits per heavy atom. The number of carbonyl (C=O) groups excluding carboxylic acids is 2. The lowest BCUT2D eigenvalue weighted by Gasteiger charge is -2.35. The van der Waals surface area contributed by atoms with Crippen LogP contribution in [0.2, 0.25) is 5.02 Å². The van der Waals surface area contributed by atoms with Crippen LogP contribution in [0.1, 0.15) is 68.5 Å². The van der Waals surface area contributed by atoms with Crippen molar-refractivity contribution in [2.45, 2.75) is 57.4 Å². The van der Waals surface area contributed by atoms with Gasteiger partial charge in [-0.15, -0.1) is 0 Å². The molecule has 0 aromatic heterocycles. The zero-order valence-electron chi connectivity index (χ0n) is 21.7. The van der Waals surface area contributed by atoms with Crippen LogP contribution in [-0.4, -0.2) is 16.6 Å². The molecule has 7 nitrogen and oxygen atoms in total. The quantitative estimate of drug-likeness (QED) is 0.187. The van der Waals surface area contributed by atoms with Crippen molar-refractivity contribution in [3.63, 3.8) is 0 Å². The molecule has 2 atom stereocenters. The number of nitrogens with zero attached hydrogens (tertiary/aromatic N) is 2. The number of nitro groups is 1. The van der Waals surface area contributed by atoms with E-state index < -0.39 is 11.0 Å². The van der Waals surface area contributed by atoms with Gasteiger partial charge in [-0.3, -0.25) is 24.6 Å².